The molecule has 1 aromatic carbocycles. The summed E-state index contributed by atoms with van der Waals surface area (Å²) in [5.41, 5.74) is 5.92. The number of nitrogens with zero attached hydrogens (tertiary/aromatic N) is 1. The van der Waals surface area contributed by atoms with E-state index in [1.165, 1.54) is 18.2 Å². The van der Waals surface area contributed by atoms with Crippen LogP contribution in [0.4, 0.5) is 10.1 Å². The maximum Gasteiger partial charge on any atom is 0.246 e. The molecule has 1 aromatic rings. The van der Waals surface area contributed by atoms with E-state index in [2.05, 4.69) is 15.6 Å². The van der Waals surface area contributed by atoms with Crippen LogP contribution in [0.2, 0.25) is 0 Å². The molecule has 106 valence electrons. The molecular formula is C12H18FIN4O. The Hall–Kier alpha value is -1.38. The minimum atomic E-state index is -0.402. The van der Waals surface area contributed by atoms with Gasteiger partial charge in [-0.25, -0.2) is 9.38 Å². The Morgan fingerprint density at radius 1 is 1.47 bits per heavy atom. The summed E-state index contributed by atoms with van der Waals surface area (Å²) in [5, 5.41) is 5.37. The maximum atomic E-state index is 12.9. The van der Waals surface area contributed by atoms with Crippen molar-refractivity contribution < 1.29 is 9.18 Å². The minimum Gasteiger partial charge on any atom is -0.370 e. The topological polar surface area (TPSA) is 79.5 Å². The molecule has 5 nitrogen and oxygen atoms in total. The molecule has 0 aliphatic rings. The molecule has 19 heavy (non-hydrogen) atoms. The highest BCUT2D eigenvalue weighted by Gasteiger charge is 2.02. The van der Waals surface area contributed by atoms with Crippen molar-refractivity contribution in [3.8, 4) is 0 Å². The van der Waals surface area contributed by atoms with Gasteiger partial charge in [0.25, 0.3) is 0 Å². The average molecular weight is 380 g/mol. The highest BCUT2D eigenvalue weighted by Crippen LogP contribution is 2.08. The van der Waals surface area contributed by atoms with Crippen molar-refractivity contribution in [3.63, 3.8) is 0 Å². The molecule has 0 aromatic heterocycles. The van der Waals surface area contributed by atoms with Gasteiger partial charge in [0, 0.05) is 12.2 Å². The van der Waals surface area contributed by atoms with E-state index in [0.717, 1.165) is 6.42 Å². The van der Waals surface area contributed by atoms with Crippen LogP contribution < -0.4 is 16.4 Å². The molecular weight excluding hydrogens is 362 g/mol. The first-order chi connectivity index (χ1) is 8.61. The number of aliphatic imine (C=N–C) groups is 1. The smallest absolute Gasteiger partial charge is 0.246 e. The Kier molecular flexibility index (Phi) is 8.84. The SMILES string of the molecule is CCCNC(N)=NCC(=O)Nc1cccc(F)c1.I. The van der Waals surface area contributed by atoms with E-state index in [1.54, 1.807) is 6.07 Å². The van der Waals surface area contributed by atoms with Crippen molar-refractivity contribution in [2.24, 2.45) is 10.7 Å². The fourth-order valence-electron chi connectivity index (χ4n) is 1.23. The molecule has 7 heteroatoms. The second-order valence-corrected chi connectivity index (χ2v) is 3.69. The monoisotopic (exact) mass is 380 g/mol. The minimum absolute atomic E-state index is 0. The van der Waals surface area contributed by atoms with Gasteiger partial charge in [-0.05, 0) is 24.6 Å². The van der Waals surface area contributed by atoms with Crippen molar-refractivity contribution in [1.29, 1.82) is 0 Å². The number of nitrogens with two attached hydrogens (primary N) is 1. The number of nitrogens with one attached hydrogen (secondary N) is 2. The number of carbonyl (C=O) groups excluding carboxylic acids is 1. The van der Waals surface area contributed by atoms with E-state index >= 15 is 0 Å². The molecule has 0 radical (unpaired) electrons. The van der Waals surface area contributed by atoms with Crippen molar-refractivity contribution in [3.05, 3.63) is 30.1 Å². The summed E-state index contributed by atoms with van der Waals surface area (Å²) in [7, 11) is 0. The first kappa shape index (κ1) is 17.6. The molecule has 0 aliphatic heterocycles. The fourth-order valence-corrected chi connectivity index (χ4v) is 1.23. The van der Waals surface area contributed by atoms with Gasteiger partial charge < -0.3 is 16.4 Å². The largest absolute Gasteiger partial charge is 0.370 e. The lowest BCUT2D eigenvalue weighted by Gasteiger charge is -2.05. The molecule has 0 unspecified atom stereocenters. The van der Waals surface area contributed by atoms with Crippen LogP contribution in [0.15, 0.2) is 29.3 Å². The summed E-state index contributed by atoms with van der Waals surface area (Å²) in [6.45, 7) is 2.61. The highest BCUT2D eigenvalue weighted by molar-refractivity contribution is 14.0. The van der Waals surface area contributed by atoms with E-state index < -0.39 is 5.82 Å². The van der Waals surface area contributed by atoms with E-state index in [0.29, 0.717) is 12.2 Å². The molecule has 4 N–H and O–H groups in total. The van der Waals surface area contributed by atoms with Crippen LogP contribution in [-0.4, -0.2) is 25.0 Å². The number of carbonyl (C=O) groups is 1. The Labute approximate surface area is 128 Å². The lowest BCUT2D eigenvalue weighted by Crippen LogP contribution is -2.33. The van der Waals surface area contributed by atoms with Crippen molar-refractivity contribution in [2.75, 3.05) is 18.4 Å². The maximum absolute atomic E-state index is 12.9. The standard InChI is InChI=1S/C12H17FN4O.HI/c1-2-6-15-12(14)16-8-11(18)17-10-5-3-4-9(13)7-10;/h3-5,7H,2,6,8H2,1H3,(H,17,18)(H3,14,15,16);1H. The van der Waals surface area contributed by atoms with Gasteiger partial charge in [-0.3, -0.25) is 4.79 Å². The van der Waals surface area contributed by atoms with Gasteiger partial charge in [0.1, 0.15) is 12.4 Å². The molecule has 1 rings (SSSR count). The molecule has 0 saturated carbocycles. The van der Waals surface area contributed by atoms with E-state index in [1.807, 2.05) is 6.92 Å². The van der Waals surface area contributed by atoms with Crippen LogP contribution in [0, 0.1) is 5.82 Å². The fraction of sp³-hybridized carbons (Fsp3) is 0.333. The Morgan fingerprint density at radius 2 is 2.21 bits per heavy atom. The molecule has 0 spiro atoms. The Balaban J connectivity index is 0.00000324. The quantitative estimate of drug-likeness (QED) is 0.413. The zero-order valence-corrected chi connectivity index (χ0v) is 13.0. The molecule has 0 atom stereocenters. The first-order valence-corrected chi connectivity index (χ1v) is 5.71. The van der Waals surface area contributed by atoms with Gasteiger partial charge in [0.05, 0.1) is 0 Å². The zero-order valence-electron chi connectivity index (χ0n) is 10.6. The third-order valence-electron chi connectivity index (χ3n) is 2.06. The molecule has 0 fully saturated rings. The number of hydrogen-bond donors (Lipinski definition) is 3. The lowest BCUT2D eigenvalue weighted by atomic mass is 10.3. The van der Waals surface area contributed by atoms with Gasteiger partial charge >= 0.3 is 0 Å². The number of anilines is 1. The summed E-state index contributed by atoms with van der Waals surface area (Å²) >= 11 is 0. The van der Waals surface area contributed by atoms with Crippen LogP contribution >= 0.6 is 24.0 Å². The lowest BCUT2D eigenvalue weighted by molar-refractivity contribution is -0.114. The van der Waals surface area contributed by atoms with Crippen molar-refractivity contribution >= 4 is 41.5 Å². The summed E-state index contributed by atoms with van der Waals surface area (Å²) in [4.78, 5) is 15.3. The summed E-state index contributed by atoms with van der Waals surface area (Å²) in [6, 6.07) is 5.66. The molecule has 1 amide bonds. The predicted molar refractivity (Wildman–Crippen MR) is 85.2 cm³/mol. The number of guanidine groups is 1. The summed E-state index contributed by atoms with van der Waals surface area (Å²) in [6.07, 6.45) is 0.922. The number of amides is 1. The van der Waals surface area contributed by atoms with Crippen LogP contribution in [-0.2, 0) is 4.79 Å². The van der Waals surface area contributed by atoms with E-state index in [-0.39, 0.29) is 42.4 Å². The molecule has 0 aliphatic carbocycles. The van der Waals surface area contributed by atoms with Crippen LogP contribution in [0.25, 0.3) is 0 Å². The number of rotatable bonds is 5. The predicted octanol–water partition coefficient (Wildman–Crippen LogP) is 1.70. The van der Waals surface area contributed by atoms with Crippen LogP contribution in [0.5, 0.6) is 0 Å². The van der Waals surface area contributed by atoms with Crippen LogP contribution in [0.3, 0.4) is 0 Å². The van der Waals surface area contributed by atoms with E-state index in [4.69, 9.17) is 5.73 Å². The van der Waals surface area contributed by atoms with Gasteiger partial charge in [-0.1, -0.05) is 13.0 Å². The van der Waals surface area contributed by atoms with Crippen molar-refractivity contribution in [2.45, 2.75) is 13.3 Å². The number of hydrogen-bond acceptors (Lipinski definition) is 2. The summed E-state index contributed by atoms with van der Waals surface area (Å²) < 4.78 is 12.9. The van der Waals surface area contributed by atoms with Gasteiger partial charge in [-0.2, -0.15) is 0 Å². The van der Waals surface area contributed by atoms with Crippen molar-refractivity contribution in [1.82, 2.24) is 5.32 Å². The van der Waals surface area contributed by atoms with Gasteiger partial charge in [0.2, 0.25) is 5.91 Å². The normalized spacial score (nSPS) is 10.5. The average Bonchev–Trinajstić information content (AvgIpc) is 2.34. The van der Waals surface area contributed by atoms with Gasteiger partial charge in [0.15, 0.2) is 5.96 Å². The Morgan fingerprint density at radius 3 is 2.84 bits per heavy atom. The van der Waals surface area contributed by atoms with Gasteiger partial charge in [-0.15, -0.1) is 24.0 Å². The summed E-state index contributed by atoms with van der Waals surface area (Å²) in [5.74, 6) is -0.520. The van der Waals surface area contributed by atoms with Crippen LogP contribution in [0.1, 0.15) is 13.3 Å². The molecule has 0 heterocycles. The second-order valence-electron chi connectivity index (χ2n) is 3.69. The Bertz CT molecular complexity index is 439. The highest BCUT2D eigenvalue weighted by atomic mass is 127. The number of halogens is 2. The first-order valence-electron chi connectivity index (χ1n) is 5.71. The molecule has 0 saturated heterocycles. The van der Waals surface area contributed by atoms with E-state index in [9.17, 15) is 9.18 Å². The third kappa shape index (κ3) is 7.60. The zero-order chi connectivity index (χ0) is 13.4. The molecule has 0 bridgehead atoms. The third-order valence-corrected chi connectivity index (χ3v) is 2.06. The second kappa shape index (κ2) is 9.54. The number of benzene rings is 1.